The van der Waals surface area contributed by atoms with Gasteiger partial charge in [-0.2, -0.15) is 0 Å². The summed E-state index contributed by atoms with van der Waals surface area (Å²) in [4.78, 5) is 21.3. The van der Waals surface area contributed by atoms with E-state index in [0.29, 0.717) is 0 Å². The molecular formula is C12H17NO3. The molecule has 16 heavy (non-hydrogen) atoms. The molecule has 4 heteroatoms. The molecule has 0 saturated carbocycles. The molecule has 0 aromatic heterocycles. The molecule has 4 nitrogen and oxygen atoms in total. The zero-order valence-corrected chi connectivity index (χ0v) is 9.73. The van der Waals surface area contributed by atoms with Gasteiger partial charge in [-0.15, -0.1) is 0 Å². The van der Waals surface area contributed by atoms with Gasteiger partial charge in [0, 0.05) is 0 Å². The number of hydrogen-bond acceptors (Lipinski definition) is 2. The fourth-order valence-electron chi connectivity index (χ4n) is 1.08. The smallest absolute Gasteiger partial charge is 0.335 e. The molecule has 1 aromatic rings. The Bertz CT molecular complexity index is 357. The maximum absolute atomic E-state index is 10.8. The fraction of sp³-hybridized carbons (Fsp3) is 0.333. The topological polar surface area (TPSA) is 80.4 Å². The van der Waals surface area contributed by atoms with Crippen molar-refractivity contribution in [1.29, 1.82) is 0 Å². The third-order valence-electron chi connectivity index (χ3n) is 2.08. The highest BCUT2D eigenvalue weighted by atomic mass is 16.4. The molecule has 3 N–H and O–H groups in total. The summed E-state index contributed by atoms with van der Waals surface area (Å²) in [6.45, 7) is 5.68. The van der Waals surface area contributed by atoms with E-state index in [1.54, 1.807) is 19.1 Å². The van der Waals surface area contributed by atoms with E-state index < -0.39 is 17.8 Å². The van der Waals surface area contributed by atoms with Crippen molar-refractivity contribution in [2.45, 2.75) is 26.7 Å². The van der Waals surface area contributed by atoms with Crippen LogP contribution >= 0.6 is 0 Å². The van der Waals surface area contributed by atoms with Gasteiger partial charge in [0.2, 0.25) is 5.91 Å². The molecule has 0 heterocycles. The zero-order chi connectivity index (χ0) is 12.7. The number of aromatic carboxylic acids is 1. The van der Waals surface area contributed by atoms with Crippen molar-refractivity contribution < 1.29 is 14.7 Å². The maximum Gasteiger partial charge on any atom is 0.335 e. The number of carbonyl (C=O) groups is 2. The first-order valence-electron chi connectivity index (χ1n) is 5.15. The van der Waals surface area contributed by atoms with Crippen LogP contribution in [0.2, 0.25) is 0 Å². The molecule has 1 aromatic carbocycles. The van der Waals surface area contributed by atoms with E-state index in [9.17, 15) is 9.59 Å². The number of primary amides is 1. The van der Waals surface area contributed by atoms with E-state index in [1.807, 2.05) is 13.8 Å². The minimum atomic E-state index is -0.983. The lowest BCUT2D eigenvalue weighted by Crippen LogP contribution is -2.18. The van der Waals surface area contributed by atoms with E-state index in [4.69, 9.17) is 10.8 Å². The van der Waals surface area contributed by atoms with Gasteiger partial charge >= 0.3 is 5.97 Å². The Morgan fingerprint density at radius 2 is 1.62 bits per heavy atom. The van der Waals surface area contributed by atoms with Crippen LogP contribution in [0.25, 0.3) is 0 Å². The molecule has 0 aliphatic carbocycles. The van der Waals surface area contributed by atoms with E-state index in [1.165, 1.54) is 12.1 Å². The van der Waals surface area contributed by atoms with Crippen molar-refractivity contribution >= 4 is 11.9 Å². The first kappa shape index (κ1) is 14.2. The van der Waals surface area contributed by atoms with E-state index in [2.05, 4.69) is 0 Å². The summed E-state index contributed by atoms with van der Waals surface area (Å²) in [5.41, 5.74) is 6.03. The second-order valence-corrected chi connectivity index (χ2v) is 3.05. The molecule has 0 aliphatic heterocycles. The summed E-state index contributed by atoms with van der Waals surface area (Å²) in [7, 11) is 0. The van der Waals surface area contributed by atoms with Crippen LogP contribution in [-0.2, 0) is 4.79 Å². The second kappa shape index (κ2) is 6.61. The Kier molecular flexibility index (Phi) is 5.85. The van der Waals surface area contributed by atoms with E-state index >= 15 is 0 Å². The number of carbonyl (C=O) groups excluding carboxylic acids is 1. The van der Waals surface area contributed by atoms with Crippen LogP contribution in [-0.4, -0.2) is 17.0 Å². The lowest BCUT2D eigenvalue weighted by Gasteiger charge is -2.06. The van der Waals surface area contributed by atoms with E-state index in [0.717, 1.165) is 5.56 Å². The number of hydrogen-bond donors (Lipinski definition) is 2. The Balaban J connectivity index is 0.00000106. The highest BCUT2D eigenvalue weighted by Crippen LogP contribution is 2.15. The van der Waals surface area contributed by atoms with Crippen LogP contribution in [0.15, 0.2) is 24.3 Å². The van der Waals surface area contributed by atoms with Gasteiger partial charge in [0.1, 0.15) is 0 Å². The number of amides is 1. The largest absolute Gasteiger partial charge is 0.478 e. The number of carboxylic acid groups (broad SMARTS) is 1. The lowest BCUT2D eigenvalue weighted by atomic mass is 9.99. The molecule has 0 radical (unpaired) electrons. The van der Waals surface area contributed by atoms with Gasteiger partial charge in [-0.25, -0.2) is 4.79 Å². The Labute approximate surface area is 95.1 Å². The third kappa shape index (κ3) is 3.73. The molecular weight excluding hydrogens is 206 g/mol. The lowest BCUT2D eigenvalue weighted by molar-refractivity contribution is -0.119. The molecule has 0 bridgehead atoms. The predicted molar refractivity (Wildman–Crippen MR) is 62.4 cm³/mol. The monoisotopic (exact) mass is 223 g/mol. The summed E-state index contributed by atoms with van der Waals surface area (Å²) in [5.74, 6) is -1.80. The van der Waals surface area contributed by atoms with Crippen molar-refractivity contribution in [2.24, 2.45) is 5.73 Å². The molecule has 1 unspecified atom stereocenters. The van der Waals surface area contributed by atoms with Gasteiger partial charge in [-0.1, -0.05) is 26.0 Å². The first-order chi connectivity index (χ1) is 7.52. The number of benzene rings is 1. The summed E-state index contributed by atoms with van der Waals surface area (Å²) >= 11 is 0. The first-order valence-corrected chi connectivity index (χ1v) is 5.15. The van der Waals surface area contributed by atoms with Crippen LogP contribution in [0.4, 0.5) is 0 Å². The van der Waals surface area contributed by atoms with Crippen molar-refractivity contribution in [3.63, 3.8) is 0 Å². The van der Waals surface area contributed by atoms with Gasteiger partial charge < -0.3 is 10.8 Å². The molecule has 1 amide bonds. The average molecular weight is 223 g/mol. The van der Waals surface area contributed by atoms with Gasteiger partial charge in [0.15, 0.2) is 0 Å². The maximum atomic E-state index is 10.8. The minimum Gasteiger partial charge on any atom is -0.478 e. The van der Waals surface area contributed by atoms with E-state index in [-0.39, 0.29) is 5.56 Å². The van der Waals surface area contributed by atoms with Gasteiger partial charge in [-0.3, -0.25) is 4.79 Å². The Morgan fingerprint density at radius 3 is 1.94 bits per heavy atom. The summed E-state index contributed by atoms with van der Waals surface area (Å²) in [6, 6.07) is 6.10. The minimum absolute atomic E-state index is 0.199. The van der Waals surface area contributed by atoms with Gasteiger partial charge in [-0.05, 0) is 24.6 Å². The van der Waals surface area contributed by atoms with Crippen LogP contribution in [0, 0.1) is 0 Å². The van der Waals surface area contributed by atoms with Crippen LogP contribution < -0.4 is 5.73 Å². The third-order valence-corrected chi connectivity index (χ3v) is 2.08. The number of nitrogens with two attached hydrogens (primary N) is 1. The summed E-state index contributed by atoms with van der Waals surface area (Å²) in [6.07, 6.45) is 0. The van der Waals surface area contributed by atoms with Crippen molar-refractivity contribution in [1.82, 2.24) is 0 Å². The van der Waals surface area contributed by atoms with Crippen LogP contribution in [0.5, 0.6) is 0 Å². The second-order valence-electron chi connectivity index (χ2n) is 3.05. The molecule has 0 saturated heterocycles. The normalized spacial score (nSPS) is 10.9. The SMILES string of the molecule is CC.CC(C(N)=O)c1ccc(C(=O)O)cc1. The highest BCUT2D eigenvalue weighted by Gasteiger charge is 2.11. The van der Waals surface area contributed by atoms with Crippen LogP contribution in [0.1, 0.15) is 42.6 Å². The molecule has 1 atom stereocenters. The average Bonchev–Trinajstić information content (AvgIpc) is 2.30. The van der Waals surface area contributed by atoms with Crippen molar-refractivity contribution in [2.75, 3.05) is 0 Å². The van der Waals surface area contributed by atoms with Crippen molar-refractivity contribution in [3.05, 3.63) is 35.4 Å². The fourth-order valence-corrected chi connectivity index (χ4v) is 1.08. The van der Waals surface area contributed by atoms with Gasteiger partial charge in [0.25, 0.3) is 0 Å². The number of rotatable bonds is 3. The Hall–Kier alpha value is -1.84. The molecule has 0 fully saturated rings. The standard InChI is InChI=1S/C10H11NO3.C2H6/c1-6(9(11)12)7-2-4-8(5-3-7)10(13)14;1-2/h2-6H,1H3,(H2,11,12)(H,13,14);1-2H3. The van der Waals surface area contributed by atoms with Crippen molar-refractivity contribution in [3.8, 4) is 0 Å². The zero-order valence-electron chi connectivity index (χ0n) is 9.73. The number of carboxylic acids is 1. The molecule has 0 spiro atoms. The highest BCUT2D eigenvalue weighted by molar-refractivity contribution is 5.88. The molecule has 0 aliphatic rings. The summed E-state index contributed by atoms with van der Waals surface area (Å²) in [5, 5.41) is 8.63. The Morgan fingerprint density at radius 1 is 1.19 bits per heavy atom. The molecule has 88 valence electrons. The quantitative estimate of drug-likeness (QED) is 0.822. The molecule has 1 rings (SSSR count). The van der Waals surface area contributed by atoms with Gasteiger partial charge in [0.05, 0.1) is 11.5 Å². The van der Waals surface area contributed by atoms with Crippen LogP contribution in [0.3, 0.4) is 0 Å². The predicted octanol–water partition coefficient (Wildman–Crippen LogP) is 2.00. The summed E-state index contributed by atoms with van der Waals surface area (Å²) < 4.78 is 0.